The van der Waals surface area contributed by atoms with E-state index in [9.17, 15) is 4.79 Å². The summed E-state index contributed by atoms with van der Waals surface area (Å²) in [6.07, 6.45) is 10.8. The molecule has 1 rings (SSSR count). The minimum absolute atomic E-state index is 0.179. The third-order valence-electron chi connectivity index (χ3n) is 1.92. The van der Waals surface area contributed by atoms with Crippen LogP contribution in [0.5, 0.6) is 0 Å². The maximum atomic E-state index is 11.0. The van der Waals surface area contributed by atoms with Gasteiger partial charge in [-0.2, -0.15) is 0 Å². The van der Waals surface area contributed by atoms with Crippen LogP contribution in [0.25, 0.3) is 0 Å². The molecular weight excluding hydrogens is 164 g/mol. The van der Waals surface area contributed by atoms with Gasteiger partial charge in [-0.1, -0.05) is 0 Å². The molecule has 0 N–H and O–H groups in total. The molecule has 70 valence electrons. The highest BCUT2D eigenvalue weighted by atomic mass is 16.5. The van der Waals surface area contributed by atoms with E-state index in [1.165, 1.54) is 0 Å². The lowest BCUT2D eigenvalue weighted by atomic mass is 10.1. The van der Waals surface area contributed by atoms with Crippen molar-refractivity contribution in [2.45, 2.75) is 32.1 Å². The first-order valence-electron chi connectivity index (χ1n) is 4.62. The molecule has 0 heterocycles. The molecule has 0 spiro atoms. The summed E-state index contributed by atoms with van der Waals surface area (Å²) in [7, 11) is 0. The summed E-state index contributed by atoms with van der Waals surface area (Å²) in [4.78, 5) is 11.0. The third-order valence-corrected chi connectivity index (χ3v) is 1.92. The molecule has 0 aromatic rings. The predicted molar refractivity (Wildman–Crippen MR) is 51.0 cm³/mol. The van der Waals surface area contributed by atoms with Crippen molar-refractivity contribution in [3.63, 3.8) is 0 Å². The number of allylic oxidation sites excluding steroid dienone is 2. The fraction of sp³-hybridized carbons (Fsp3) is 0.545. The average Bonchev–Trinajstić information content (AvgIpc) is 2.13. The number of unbranched alkanes of at least 4 members (excludes halogenated alkanes) is 1. The maximum Gasteiger partial charge on any atom is 0.159 e. The van der Waals surface area contributed by atoms with Gasteiger partial charge in [-0.3, -0.25) is 4.79 Å². The van der Waals surface area contributed by atoms with Crippen LogP contribution in [0.2, 0.25) is 0 Å². The largest absolute Gasteiger partial charge is 0.498 e. The Labute approximate surface area is 79.0 Å². The third kappa shape index (κ3) is 3.80. The summed E-state index contributed by atoms with van der Waals surface area (Å²) in [5.41, 5.74) is 0. The standard InChI is InChI=1S/C11H14O2/c1-2-3-4-8-13-11-7-5-6-10(12)9-11/h1,9H,3-8H2. The zero-order valence-corrected chi connectivity index (χ0v) is 7.71. The molecule has 0 aromatic heterocycles. The number of terminal acetylenes is 1. The number of carbonyl (C=O) groups excluding carboxylic acids is 1. The first-order valence-corrected chi connectivity index (χ1v) is 4.62. The van der Waals surface area contributed by atoms with E-state index in [4.69, 9.17) is 11.2 Å². The van der Waals surface area contributed by atoms with E-state index in [0.29, 0.717) is 13.0 Å². The van der Waals surface area contributed by atoms with Gasteiger partial charge in [-0.05, 0) is 12.8 Å². The second kappa shape index (κ2) is 5.42. The first kappa shape index (κ1) is 9.85. The van der Waals surface area contributed by atoms with Gasteiger partial charge in [0.15, 0.2) is 5.78 Å². The van der Waals surface area contributed by atoms with Crippen LogP contribution in [0.3, 0.4) is 0 Å². The molecule has 0 saturated heterocycles. The fourth-order valence-electron chi connectivity index (χ4n) is 1.25. The lowest BCUT2D eigenvalue weighted by Gasteiger charge is -2.12. The Morgan fingerprint density at radius 3 is 3.08 bits per heavy atom. The molecule has 2 heteroatoms. The minimum atomic E-state index is 0.179. The van der Waals surface area contributed by atoms with Gasteiger partial charge in [-0.25, -0.2) is 0 Å². The maximum absolute atomic E-state index is 11.0. The van der Waals surface area contributed by atoms with Gasteiger partial charge in [0.05, 0.1) is 12.4 Å². The van der Waals surface area contributed by atoms with Gasteiger partial charge in [0, 0.05) is 25.3 Å². The Balaban J connectivity index is 2.21. The zero-order valence-electron chi connectivity index (χ0n) is 7.71. The molecule has 1 aliphatic carbocycles. The molecule has 0 radical (unpaired) electrons. The van der Waals surface area contributed by atoms with Crippen molar-refractivity contribution >= 4 is 5.78 Å². The van der Waals surface area contributed by atoms with Crippen LogP contribution in [0, 0.1) is 12.3 Å². The van der Waals surface area contributed by atoms with Crippen LogP contribution in [0.4, 0.5) is 0 Å². The Morgan fingerprint density at radius 2 is 2.38 bits per heavy atom. The number of ketones is 1. The van der Waals surface area contributed by atoms with Crippen molar-refractivity contribution in [2.24, 2.45) is 0 Å². The molecule has 0 amide bonds. The predicted octanol–water partition coefficient (Wildman–Crippen LogP) is 2.05. The van der Waals surface area contributed by atoms with Crippen LogP contribution in [0.15, 0.2) is 11.8 Å². The Bertz CT molecular complexity index is 245. The highest BCUT2D eigenvalue weighted by Gasteiger charge is 2.09. The number of hydrogen-bond acceptors (Lipinski definition) is 2. The van der Waals surface area contributed by atoms with E-state index >= 15 is 0 Å². The number of ether oxygens (including phenoxy) is 1. The summed E-state index contributed by atoms with van der Waals surface area (Å²) < 4.78 is 5.40. The molecule has 0 saturated carbocycles. The molecule has 0 unspecified atom stereocenters. The van der Waals surface area contributed by atoms with E-state index in [1.807, 2.05) is 0 Å². The van der Waals surface area contributed by atoms with Gasteiger partial charge in [0.25, 0.3) is 0 Å². The second-order valence-electron chi connectivity index (χ2n) is 3.09. The summed E-state index contributed by atoms with van der Waals surface area (Å²) in [5.74, 6) is 3.55. The monoisotopic (exact) mass is 178 g/mol. The second-order valence-corrected chi connectivity index (χ2v) is 3.09. The van der Waals surface area contributed by atoms with Crippen LogP contribution < -0.4 is 0 Å². The Hall–Kier alpha value is -1.23. The zero-order chi connectivity index (χ0) is 9.52. The molecule has 1 aliphatic rings. The molecule has 0 bridgehead atoms. The van der Waals surface area contributed by atoms with Crippen LogP contribution in [-0.4, -0.2) is 12.4 Å². The molecular formula is C11H14O2. The average molecular weight is 178 g/mol. The summed E-state index contributed by atoms with van der Waals surface area (Å²) in [5, 5.41) is 0. The van der Waals surface area contributed by atoms with Gasteiger partial charge < -0.3 is 4.74 Å². The number of hydrogen-bond donors (Lipinski definition) is 0. The number of rotatable bonds is 4. The quantitative estimate of drug-likeness (QED) is 0.486. The summed E-state index contributed by atoms with van der Waals surface area (Å²) in [6.45, 7) is 0.628. The van der Waals surface area contributed by atoms with Crippen LogP contribution in [-0.2, 0) is 9.53 Å². The Morgan fingerprint density at radius 1 is 1.54 bits per heavy atom. The topological polar surface area (TPSA) is 26.3 Å². The van der Waals surface area contributed by atoms with Crippen molar-refractivity contribution in [2.75, 3.05) is 6.61 Å². The van der Waals surface area contributed by atoms with Gasteiger partial charge in [0.2, 0.25) is 0 Å². The SMILES string of the molecule is C#CCCCOC1=CC(=O)CCC1. The van der Waals surface area contributed by atoms with E-state index < -0.39 is 0 Å². The van der Waals surface area contributed by atoms with E-state index in [0.717, 1.165) is 31.4 Å². The highest BCUT2D eigenvalue weighted by Crippen LogP contribution is 2.16. The Kier molecular flexibility index (Phi) is 4.11. The van der Waals surface area contributed by atoms with Crippen molar-refractivity contribution in [1.29, 1.82) is 0 Å². The fourth-order valence-corrected chi connectivity index (χ4v) is 1.25. The van der Waals surface area contributed by atoms with Gasteiger partial charge >= 0.3 is 0 Å². The smallest absolute Gasteiger partial charge is 0.159 e. The lowest BCUT2D eigenvalue weighted by molar-refractivity contribution is -0.115. The molecule has 2 nitrogen and oxygen atoms in total. The minimum Gasteiger partial charge on any atom is -0.498 e. The lowest BCUT2D eigenvalue weighted by Crippen LogP contribution is -2.05. The van der Waals surface area contributed by atoms with Gasteiger partial charge in [-0.15, -0.1) is 12.3 Å². The highest BCUT2D eigenvalue weighted by molar-refractivity contribution is 5.90. The normalized spacial score (nSPS) is 16.2. The molecule has 0 atom stereocenters. The van der Waals surface area contributed by atoms with Crippen molar-refractivity contribution in [3.8, 4) is 12.3 Å². The van der Waals surface area contributed by atoms with E-state index in [1.54, 1.807) is 6.08 Å². The van der Waals surface area contributed by atoms with Crippen LogP contribution >= 0.6 is 0 Å². The van der Waals surface area contributed by atoms with Crippen LogP contribution in [0.1, 0.15) is 32.1 Å². The van der Waals surface area contributed by atoms with E-state index in [2.05, 4.69) is 5.92 Å². The first-order chi connectivity index (χ1) is 6.33. The van der Waals surface area contributed by atoms with Gasteiger partial charge in [0.1, 0.15) is 0 Å². The van der Waals surface area contributed by atoms with E-state index in [-0.39, 0.29) is 5.78 Å². The van der Waals surface area contributed by atoms with Crippen molar-refractivity contribution in [3.05, 3.63) is 11.8 Å². The summed E-state index contributed by atoms with van der Waals surface area (Å²) >= 11 is 0. The molecule has 13 heavy (non-hydrogen) atoms. The molecule has 0 fully saturated rings. The summed E-state index contributed by atoms with van der Waals surface area (Å²) in [6, 6.07) is 0. The molecule has 0 aromatic carbocycles. The van der Waals surface area contributed by atoms with Crippen molar-refractivity contribution in [1.82, 2.24) is 0 Å². The van der Waals surface area contributed by atoms with Crippen molar-refractivity contribution < 1.29 is 9.53 Å². The molecule has 0 aliphatic heterocycles. The number of carbonyl (C=O) groups is 1.